The zero-order chi connectivity index (χ0) is 30.6. The van der Waals surface area contributed by atoms with Gasteiger partial charge < -0.3 is 20.6 Å². The quantitative estimate of drug-likeness (QED) is 0.258. The predicted molar refractivity (Wildman–Crippen MR) is 157 cm³/mol. The first kappa shape index (κ1) is 30.2. The third-order valence-electron chi connectivity index (χ3n) is 8.21. The number of aromatic nitrogens is 3. The molecule has 0 bridgehead atoms. The van der Waals surface area contributed by atoms with Crippen LogP contribution >= 0.6 is 0 Å². The molecule has 4 heterocycles. The SMILES string of the molecule is CCc1c(NC[C@H](CC(=O)c2cccc(C(F)(F)F)c2)C(=O)O)ncnc1N1CCC(c2ccc3c(n2)NCCC3)CC1. The molecule has 0 aliphatic carbocycles. The normalized spacial score (nSPS) is 16.2. The number of piperidine rings is 1. The van der Waals surface area contributed by atoms with Crippen molar-refractivity contribution in [3.8, 4) is 0 Å². The summed E-state index contributed by atoms with van der Waals surface area (Å²) in [7, 11) is 0. The second kappa shape index (κ2) is 13.0. The van der Waals surface area contributed by atoms with Gasteiger partial charge in [0.2, 0.25) is 0 Å². The number of benzene rings is 1. The second-order valence-corrected chi connectivity index (χ2v) is 11.0. The van der Waals surface area contributed by atoms with Gasteiger partial charge in [-0.05, 0) is 55.9 Å². The number of aliphatic carboxylic acids is 1. The molecule has 1 aromatic carbocycles. The largest absolute Gasteiger partial charge is 0.481 e. The van der Waals surface area contributed by atoms with Crippen molar-refractivity contribution in [2.45, 2.75) is 57.5 Å². The number of alkyl halides is 3. The molecule has 0 unspecified atom stereocenters. The molecule has 0 radical (unpaired) electrons. The predicted octanol–water partition coefficient (Wildman–Crippen LogP) is 5.58. The van der Waals surface area contributed by atoms with Crippen molar-refractivity contribution < 1.29 is 27.9 Å². The molecule has 3 aromatic rings. The lowest BCUT2D eigenvalue weighted by molar-refractivity contribution is -0.141. The van der Waals surface area contributed by atoms with Gasteiger partial charge in [-0.15, -0.1) is 0 Å². The number of aryl methyl sites for hydroxylation is 1. The summed E-state index contributed by atoms with van der Waals surface area (Å²) in [4.78, 5) is 40.7. The van der Waals surface area contributed by atoms with E-state index >= 15 is 0 Å². The summed E-state index contributed by atoms with van der Waals surface area (Å²) in [6.45, 7) is 4.36. The summed E-state index contributed by atoms with van der Waals surface area (Å²) in [6, 6.07) is 8.36. The van der Waals surface area contributed by atoms with E-state index in [4.69, 9.17) is 4.98 Å². The van der Waals surface area contributed by atoms with E-state index in [1.807, 2.05) is 6.92 Å². The standard InChI is InChI=1S/C31H35F3N6O3/c1-2-24-28(36-17-22(30(42)43)16-26(41)21-5-3-7-23(15-21)31(32,33)34)37-18-38-29(24)40-13-10-19(11-14-40)25-9-8-20-6-4-12-35-27(20)39-25/h3,5,7-9,15,18-19,22H,2,4,6,10-14,16-17H2,1H3,(H,35,39)(H,42,43)(H,36,37,38)/t22-/m0/s1. The molecule has 1 atom stereocenters. The van der Waals surface area contributed by atoms with Crippen LogP contribution in [-0.4, -0.2) is 58.0 Å². The van der Waals surface area contributed by atoms with Gasteiger partial charge in [0, 0.05) is 55.3 Å². The lowest BCUT2D eigenvalue weighted by Crippen LogP contribution is -2.35. The summed E-state index contributed by atoms with van der Waals surface area (Å²) in [6.07, 6.45) is 0.981. The number of nitrogens with zero attached hydrogens (tertiary/aromatic N) is 4. The Kier molecular flexibility index (Phi) is 9.12. The topological polar surface area (TPSA) is 120 Å². The van der Waals surface area contributed by atoms with E-state index < -0.39 is 35.8 Å². The van der Waals surface area contributed by atoms with E-state index in [0.717, 1.165) is 86.4 Å². The van der Waals surface area contributed by atoms with Crippen molar-refractivity contribution >= 4 is 29.2 Å². The highest BCUT2D eigenvalue weighted by Crippen LogP contribution is 2.34. The molecule has 12 heteroatoms. The van der Waals surface area contributed by atoms with E-state index in [1.54, 1.807) is 0 Å². The number of nitrogens with one attached hydrogen (secondary N) is 2. The van der Waals surface area contributed by atoms with Gasteiger partial charge in [-0.25, -0.2) is 15.0 Å². The van der Waals surface area contributed by atoms with Gasteiger partial charge in [0.15, 0.2) is 5.78 Å². The van der Waals surface area contributed by atoms with Crippen molar-refractivity contribution in [2.24, 2.45) is 5.92 Å². The van der Waals surface area contributed by atoms with Crippen LogP contribution in [0.1, 0.15) is 71.3 Å². The van der Waals surface area contributed by atoms with Crippen molar-refractivity contribution in [1.82, 2.24) is 15.0 Å². The van der Waals surface area contributed by atoms with Gasteiger partial charge in [0.25, 0.3) is 0 Å². The molecule has 43 heavy (non-hydrogen) atoms. The Balaban J connectivity index is 1.23. The monoisotopic (exact) mass is 596 g/mol. The van der Waals surface area contributed by atoms with E-state index in [1.165, 1.54) is 18.0 Å². The van der Waals surface area contributed by atoms with Crippen molar-refractivity contribution in [3.05, 3.63) is 70.7 Å². The molecule has 2 aromatic heterocycles. The fraction of sp³-hybridized carbons (Fsp3) is 0.452. The minimum atomic E-state index is -4.60. The third kappa shape index (κ3) is 7.06. The molecule has 0 amide bonds. The Labute approximate surface area is 248 Å². The highest BCUT2D eigenvalue weighted by molar-refractivity contribution is 5.98. The smallest absolute Gasteiger partial charge is 0.416 e. The Bertz CT molecular complexity index is 1470. The van der Waals surface area contributed by atoms with Crippen molar-refractivity contribution in [1.29, 1.82) is 0 Å². The maximum atomic E-state index is 13.1. The number of carboxylic acid groups (broad SMARTS) is 1. The van der Waals surface area contributed by atoms with Crippen LogP contribution in [0.3, 0.4) is 0 Å². The number of ketones is 1. The number of carbonyl (C=O) groups excluding carboxylic acids is 1. The van der Waals surface area contributed by atoms with Gasteiger partial charge in [-0.1, -0.05) is 25.1 Å². The minimum Gasteiger partial charge on any atom is -0.481 e. The fourth-order valence-electron chi connectivity index (χ4n) is 5.79. The molecule has 228 valence electrons. The van der Waals surface area contributed by atoms with Gasteiger partial charge in [0.05, 0.1) is 11.5 Å². The van der Waals surface area contributed by atoms with E-state index in [2.05, 4.69) is 37.6 Å². The molecule has 1 fully saturated rings. The lowest BCUT2D eigenvalue weighted by Gasteiger charge is -2.34. The maximum Gasteiger partial charge on any atom is 0.416 e. The summed E-state index contributed by atoms with van der Waals surface area (Å²) in [5, 5.41) is 16.3. The number of hydrogen-bond acceptors (Lipinski definition) is 8. The Hall–Kier alpha value is -4.22. The molecule has 3 N–H and O–H groups in total. The van der Waals surface area contributed by atoms with E-state index in [0.29, 0.717) is 18.2 Å². The molecule has 0 saturated carbocycles. The highest BCUT2D eigenvalue weighted by Gasteiger charge is 2.32. The number of carboxylic acids is 1. The number of carbonyl (C=O) groups is 2. The Morgan fingerprint density at radius 1 is 1.16 bits per heavy atom. The maximum absolute atomic E-state index is 13.1. The number of hydrogen-bond donors (Lipinski definition) is 3. The van der Waals surface area contributed by atoms with Crippen molar-refractivity contribution in [2.75, 3.05) is 41.7 Å². The van der Waals surface area contributed by atoms with Gasteiger partial charge in [-0.3, -0.25) is 9.59 Å². The molecule has 1 saturated heterocycles. The average Bonchev–Trinajstić information content (AvgIpc) is 3.02. The lowest BCUT2D eigenvalue weighted by atomic mass is 9.92. The Morgan fingerprint density at radius 3 is 2.67 bits per heavy atom. The van der Waals surface area contributed by atoms with Crippen LogP contribution in [0.25, 0.3) is 0 Å². The van der Waals surface area contributed by atoms with Crippen LogP contribution in [0.15, 0.2) is 42.7 Å². The van der Waals surface area contributed by atoms with Crippen LogP contribution in [-0.2, 0) is 23.8 Å². The second-order valence-electron chi connectivity index (χ2n) is 11.0. The van der Waals surface area contributed by atoms with E-state index in [-0.39, 0.29) is 12.1 Å². The molecule has 9 nitrogen and oxygen atoms in total. The van der Waals surface area contributed by atoms with Crippen LogP contribution in [0.4, 0.5) is 30.6 Å². The molecule has 2 aliphatic rings. The number of rotatable bonds is 10. The van der Waals surface area contributed by atoms with Gasteiger partial charge in [0.1, 0.15) is 23.8 Å². The van der Waals surface area contributed by atoms with Crippen molar-refractivity contribution in [3.63, 3.8) is 0 Å². The van der Waals surface area contributed by atoms with Gasteiger partial charge in [-0.2, -0.15) is 13.2 Å². The first-order chi connectivity index (χ1) is 20.6. The van der Waals surface area contributed by atoms with Gasteiger partial charge >= 0.3 is 12.1 Å². The number of fused-ring (bicyclic) bond motifs is 1. The third-order valence-corrected chi connectivity index (χ3v) is 8.21. The Morgan fingerprint density at radius 2 is 1.95 bits per heavy atom. The van der Waals surface area contributed by atoms with Crippen LogP contribution < -0.4 is 15.5 Å². The van der Waals surface area contributed by atoms with Crippen LogP contribution in [0.5, 0.6) is 0 Å². The number of halogens is 3. The summed E-state index contributed by atoms with van der Waals surface area (Å²) >= 11 is 0. The first-order valence-corrected chi connectivity index (χ1v) is 14.6. The highest BCUT2D eigenvalue weighted by atomic mass is 19.4. The summed E-state index contributed by atoms with van der Waals surface area (Å²) in [5.41, 5.74) is 2.08. The van der Waals surface area contributed by atoms with Crippen LogP contribution in [0.2, 0.25) is 0 Å². The molecular weight excluding hydrogens is 561 g/mol. The number of pyridine rings is 1. The van der Waals surface area contributed by atoms with Crippen LogP contribution in [0, 0.1) is 5.92 Å². The molecular formula is C31H35F3N6O3. The molecule has 5 rings (SSSR count). The average molecular weight is 597 g/mol. The van der Waals surface area contributed by atoms with E-state index in [9.17, 15) is 27.9 Å². The first-order valence-electron chi connectivity index (χ1n) is 14.6. The minimum absolute atomic E-state index is 0.121. The summed E-state index contributed by atoms with van der Waals surface area (Å²) < 4.78 is 39.3. The number of Topliss-reactive ketones (excluding diaryl/α,β-unsaturated/α-hetero) is 1. The zero-order valence-corrected chi connectivity index (χ0v) is 24.0. The number of anilines is 3. The molecule has 2 aliphatic heterocycles. The summed E-state index contributed by atoms with van der Waals surface area (Å²) in [5.74, 6) is -0.456. The fourth-order valence-corrected chi connectivity index (χ4v) is 5.79. The zero-order valence-electron chi connectivity index (χ0n) is 24.0. The molecule has 0 spiro atoms.